The van der Waals surface area contributed by atoms with Crippen molar-refractivity contribution < 1.29 is 82.8 Å². The third-order valence-corrected chi connectivity index (χ3v) is 17.4. The number of carbonyl (C=O) groups excluding carboxylic acids is 6. The fraction of sp³-hybridized carbons (Fsp3) is 0.536. The minimum Gasteiger partial charge on any atom is -0.508 e. The number of unbranched alkanes of at least 4 members (excludes halogenated alkanes) is 1. The molecule has 3 fully saturated rings. The number of Topliss-reactive ketones (excluding diaryl/α,β-unsaturated/α-hetero) is 4. The SMILES string of the molecule is CN(C)CCCCNCc1ccc(O)c2c1C[C@H]1C[C@H]3[C@H](N(C)C)C(=O)C(C(N)=O)=C(O)[C@@]3(O)C(=O)C1=C2O.CN(C)[C@H]1C(=O)C(C(N)=O)=C(O)[C@@]2(O)C(=O)C3=C(O)c4c(O)ccc(CN5CCC(C(F)(F)F)CC5)c4C[C@H]3C[C@@H]12. The van der Waals surface area contributed by atoms with E-state index in [1.54, 1.807) is 26.2 Å². The smallest absolute Gasteiger partial charge is 0.391 e. The molecule has 2 aromatic rings. The molecule has 0 bridgehead atoms. The molecule has 0 spiro atoms. The predicted octanol–water partition coefficient (Wildman–Crippen LogP) is 2.13. The van der Waals surface area contributed by atoms with Gasteiger partial charge in [-0.15, -0.1) is 0 Å². The molecule has 7 aliphatic rings. The van der Waals surface area contributed by atoms with Crippen molar-refractivity contribution in [3.05, 3.63) is 91.5 Å². The van der Waals surface area contributed by atoms with E-state index in [1.807, 2.05) is 19.0 Å². The first-order chi connectivity index (χ1) is 37.4. The zero-order valence-electron chi connectivity index (χ0n) is 45.4. The van der Waals surface area contributed by atoms with Crippen LogP contribution in [0.1, 0.15) is 71.9 Å². The average molecular weight is 1120 g/mol. The summed E-state index contributed by atoms with van der Waals surface area (Å²) in [5.74, 6) is -15.1. The average Bonchev–Trinajstić information content (AvgIpc) is 2.96. The van der Waals surface area contributed by atoms with E-state index < -0.39 is 128 Å². The van der Waals surface area contributed by atoms with Gasteiger partial charge in [0.2, 0.25) is 11.6 Å². The number of aliphatic hydroxyl groups is 6. The molecule has 24 heteroatoms. The topological polar surface area (TPSA) is 341 Å². The number of likely N-dealkylation sites (tertiary alicyclic amines) is 1. The van der Waals surface area contributed by atoms with Crippen LogP contribution >= 0.6 is 0 Å². The number of aromatic hydroxyl groups is 2. The van der Waals surface area contributed by atoms with Crippen molar-refractivity contribution >= 4 is 46.5 Å². The number of primary amides is 2. The summed E-state index contributed by atoms with van der Waals surface area (Å²) < 4.78 is 39.4. The monoisotopic (exact) mass is 1120 g/mol. The van der Waals surface area contributed by atoms with Crippen LogP contribution in [0.4, 0.5) is 13.2 Å². The standard InChI is InChI=1S/C28H32F3N3O7.C28H38N4O7/c1-33(2)21-16-10-13-9-15-12(11-34-7-5-14(6-8-34)28(29,30)31)3-4-17(35)19(15)22(36)18(13)24(38)27(16,41)25(39)20(23(21)37)26(32)40;1-31(2)10-6-5-9-30-13-14-7-8-18(33)20-16(14)11-15-12-17-22(32(3)4)24(35)21(27(29)38)26(37)28(17,39)25(36)19(15)23(20)34/h3-4,13-14,16,21,35-36,39,41H,5-11H2,1-2H3,(H2,32,40);7-8,15,17,22,30,33-34,37,39H,5-6,9-13H2,1-4H3,(H2,29,38)/t13-,16-,21+,27-;15-,17-,22-,28-/m00/s1. The molecule has 0 radical (unpaired) electrons. The molecule has 6 aliphatic carbocycles. The number of fused-ring (bicyclic) bond motifs is 6. The van der Waals surface area contributed by atoms with Crippen LogP contribution in [0, 0.1) is 29.6 Å². The Morgan fingerprint density at radius 1 is 0.675 bits per heavy atom. The van der Waals surface area contributed by atoms with Gasteiger partial charge in [0.25, 0.3) is 11.8 Å². The van der Waals surface area contributed by atoms with Crippen molar-refractivity contribution in [1.29, 1.82) is 0 Å². The van der Waals surface area contributed by atoms with Gasteiger partial charge in [0, 0.05) is 36.1 Å². The Kier molecular flexibility index (Phi) is 16.4. The number of nitrogens with two attached hydrogens (primary N) is 2. The fourth-order valence-corrected chi connectivity index (χ4v) is 13.5. The van der Waals surface area contributed by atoms with Crippen LogP contribution < -0.4 is 16.8 Å². The number of aliphatic hydroxyl groups excluding tert-OH is 4. The van der Waals surface area contributed by atoms with Crippen molar-refractivity contribution in [3.8, 4) is 11.5 Å². The van der Waals surface area contributed by atoms with Gasteiger partial charge in [0.05, 0.1) is 29.1 Å². The minimum atomic E-state index is -4.25. The molecule has 1 saturated heterocycles. The Labute approximate surface area is 459 Å². The number of likely N-dealkylation sites (N-methyl/N-ethyl adjacent to an activating group) is 2. The summed E-state index contributed by atoms with van der Waals surface area (Å²) in [5.41, 5.74) is 6.00. The van der Waals surface area contributed by atoms with E-state index in [1.165, 1.54) is 36.0 Å². The van der Waals surface area contributed by atoms with Gasteiger partial charge < -0.3 is 62.5 Å². The lowest BCUT2D eigenvalue weighted by molar-refractivity contribution is -0.185. The molecule has 1 aliphatic heterocycles. The zero-order chi connectivity index (χ0) is 59.0. The highest BCUT2D eigenvalue weighted by molar-refractivity contribution is 6.25. The van der Waals surface area contributed by atoms with E-state index in [0.717, 1.165) is 31.5 Å². The maximum absolute atomic E-state index is 13.9. The van der Waals surface area contributed by atoms with Crippen LogP contribution in [-0.2, 0) is 54.7 Å². The predicted molar refractivity (Wildman–Crippen MR) is 282 cm³/mol. The lowest BCUT2D eigenvalue weighted by Crippen LogP contribution is -2.65. The second-order valence-corrected chi connectivity index (χ2v) is 22.9. The third-order valence-electron chi connectivity index (χ3n) is 17.4. The quantitative estimate of drug-likeness (QED) is 0.101. The van der Waals surface area contributed by atoms with E-state index in [-0.39, 0.29) is 91.9 Å². The number of amides is 2. The van der Waals surface area contributed by atoms with Crippen LogP contribution in [0.5, 0.6) is 11.5 Å². The summed E-state index contributed by atoms with van der Waals surface area (Å²) in [4.78, 5) is 85.2. The molecular formula is C56H70F3N7O14. The molecule has 8 atom stereocenters. The van der Waals surface area contributed by atoms with Crippen molar-refractivity contribution in [3.63, 3.8) is 0 Å². The molecule has 21 nitrogen and oxygen atoms in total. The summed E-state index contributed by atoms with van der Waals surface area (Å²) in [6, 6.07) is 3.89. The number of ketones is 4. The molecule has 0 unspecified atom stereocenters. The Balaban J connectivity index is 0.000000211. The Hall–Kier alpha value is -6.67. The van der Waals surface area contributed by atoms with Gasteiger partial charge >= 0.3 is 6.18 Å². The molecule has 9 rings (SSSR count). The molecule has 80 heavy (non-hydrogen) atoms. The molecule has 1 heterocycles. The van der Waals surface area contributed by atoms with E-state index in [9.17, 15) is 82.8 Å². The first kappa shape index (κ1) is 59.5. The van der Waals surface area contributed by atoms with Crippen molar-refractivity contribution in [2.75, 3.05) is 68.5 Å². The maximum Gasteiger partial charge on any atom is 0.391 e. The molecular weight excluding hydrogens is 1050 g/mol. The summed E-state index contributed by atoms with van der Waals surface area (Å²) in [6.45, 7) is 2.95. The van der Waals surface area contributed by atoms with Gasteiger partial charge in [-0.25, -0.2) is 0 Å². The number of carbonyl (C=O) groups is 6. The summed E-state index contributed by atoms with van der Waals surface area (Å²) >= 11 is 0. The number of benzene rings is 2. The summed E-state index contributed by atoms with van der Waals surface area (Å²) in [5, 5.41) is 92.5. The molecule has 2 amide bonds. The highest BCUT2D eigenvalue weighted by Crippen LogP contribution is 2.55. The van der Waals surface area contributed by atoms with Crippen LogP contribution in [-0.4, -0.2) is 193 Å². The summed E-state index contributed by atoms with van der Waals surface area (Å²) in [7, 11) is 10.2. The van der Waals surface area contributed by atoms with Gasteiger partial charge in [0.15, 0.2) is 22.8 Å². The molecule has 434 valence electrons. The van der Waals surface area contributed by atoms with Crippen LogP contribution in [0.2, 0.25) is 0 Å². The van der Waals surface area contributed by atoms with Crippen LogP contribution in [0.25, 0.3) is 11.5 Å². The highest BCUT2D eigenvalue weighted by Gasteiger charge is 2.66. The third kappa shape index (κ3) is 9.95. The van der Waals surface area contributed by atoms with Crippen LogP contribution in [0.15, 0.2) is 58.1 Å². The second kappa shape index (κ2) is 22.0. The molecule has 2 saturated carbocycles. The molecule has 2 aromatic carbocycles. The fourth-order valence-electron chi connectivity index (χ4n) is 13.5. The van der Waals surface area contributed by atoms with E-state index in [2.05, 4.69) is 10.2 Å². The number of halogens is 3. The number of hydrogen-bond acceptors (Lipinski definition) is 19. The van der Waals surface area contributed by atoms with E-state index in [4.69, 9.17) is 11.5 Å². The number of piperidine rings is 1. The first-order valence-electron chi connectivity index (χ1n) is 26.5. The van der Waals surface area contributed by atoms with Gasteiger partial charge in [-0.3, -0.25) is 43.5 Å². The van der Waals surface area contributed by atoms with Crippen molar-refractivity contribution in [1.82, 2.24) is 24.9 Å². The van der Waals surface area contributed by atoms with Crippen LogP contribution in [0.3, 0.4) is 0 Å². The first-order valence-corrected chi connectivity index (χ1v) is 26.5. The normalized spacial score (nSPS) is 28.1. The zero-order valence-corrected chi connectivity index (χ0v) is 45.4. The second-order valence-electron chi connectivity index (χ2n) is 22.9. The van der Waals surface area contributed by atoms with E-state index >= 15 is 0 Å². The molecule has 13 N–H and O–H groups in total. The van der Waals surface area contributed by atoms with Gasteiger partial charge in [0.1, 0.15) is 45.7 Å². The molecule has 0 aromatic heterocycles. The number of rotatable bonds is 13. The Bertz CT molecular complexity index is 3070. The van der Waals surface area contributed by atoms with Gasteiger partial charge in [-0.05, 0) is 166 Å². The lowest BCUT2D eigenvalue weighted by Gasteiger charge is -2.50. The number of alkyl halides is 3. The maximum atomic E-state index is 13.9. The minimum absolute atomic E-state index is 0.0380. The largest absolute Gasteiger partial charge is 0.508 e. The Morgan fingerprint density at radius 2 is 1.10 bits per heavy atom. The summed E-state index contributed by atoms with van der Waals surface area (Å²) in [6.07, 6.45) is -1.89. The van der Waals surface area contributed by atoms with Gasteiger partial charge in [-0.1, -0.05) is 12.1 Å². The highest BCUT2D eigenvalue weighted by atomic mass is 19.4. The number of phenols is 2. The number of hydrogen-bond donors (Lipinski definition) is 11. The van der Waals surface area contributed by atoms with Crippen molar-refractivity contribution in [2.24, 2.45) is 41.1 Å². The van der Waals surface area contributed by atoms with Crippen molar-refractivity contribution in [2.45, 2.75) is 93.9 Å². The Morgan fingerprint density at radius 3 is 1.50 bits per heavy atom. The van der Waals surface area contributed by atoms with Gasteiger partial charge in [-0.2, -0.15) is 13.2 Å². The number of nitrogens with one attached hydrogen (secondary N) is 1. The number of nitrogens with zero attached hydrogens (tertiary/aromatic N) is 4. The lowest BCUT2D eigenvalue weighted by atomic mass is 9.57. The number of phenolic OH excluding ortho intramolecular Hbond substituents is 2. The van der Waals surface area contributed by atoms with E-state index in [0.29, 0.717) is 23.2 Å².